The molecule has 1 heterocycles. The van der Waals surface area contributed by atoms with E-state index in [0.717, 1.165) is 0 Å². The first-order valence-electron chi connectivity index (χ1n) is 7.76. The molecule has 0 spiro atoms. The van der Waals surface area contributed by atoms with Gasteiger partial charge in [0.25, 0.3) is 0 Å². The summed E-state index contributed by atoms with van der Waals surface area (Å²) in [5.74, 6) is -0.313. The minimum Gasteiger partial charge on any atom is -0.376 e. The third-order valence-electron chi connectivity index (χ3n) is 3.61. The van der Waals surface area contributed by atoms with Gasteiger partial charge in [-0.05, 0) is 21.0 Å². The number of amides is 1. The number of carbonyl (C=O) groups excluding carboxylic acids is 1. The van der Waals surface area contributed by atoms with Crippen molar-refractivity contribution in [2.75, 3.05) is 40.9 Å². The van der Waals surface area contributed by atoms with Crippen molar-refractivity contribution in [3.05, 3.63) is 0 Å². The van der Waals surface area contributed by atoms with Crippen molar-refractivity contribution >= 4 is 21.6 Å². The second-order valence-electron chi connectivity index (χ2n) is 6.00. The van der Waals surface area contributed by atoms with Gasteiger partial charge in [-0.2, -0.15) is 0 Å². The molecule has 0 bridgehead atoms. The van der Waals surface area contributed by atoms with E-state index in [4.69, 9.17) is 31.8 Å². The van der Waals surface area contributed by atoms with Gasteiger partial charge in [0.05, 0.1) is 6.10 Å². The van der Waals surface area contributed by atoms with E-state index in [1.54, 1.807) is 0 Å². The number of methoxy groups -OCH3 is 1. The molecule has 1 aliphatic rings. The van der Waals surface area contributed by atoms with Crippen molar-refractivity contribution in [1.29, 1.82) is 0 Å². The van der Waals surface area contributed by atoms with E-state index >= 15 is 0 Å². The van der Waals surface area contributed by atoms with Gasteiger partial charge in [0.1, 0.15) is 32.8 Å². The van der Waals surface area contributed by atoms with Crippen molar-refractivity contribution in [1.82, 2.24) is 10.2 Å². The zero-order chi connectivity index (χ0) is 19.2. The number of phosphoric ester groups is 1. The highest BCUT2D eigenvalue weighted by Gasteiger charge is 2.47. The summed E-state index contributed by atoms with van der Waals surface area (Å²) in [5.41, 5.74) is 0. The monoisotopic (exact) mass is 380 g/mol. The quantitative estimate of drug-likeness (QED) is 0.305. The van der Waals surface area contributed by atoms with Gasteiger partial charge >= 0.3 is 7.82 Å². The number of carbonyl (C=O) groups is 1. The molecule has 1 rings (SSSR count). The van der Waals surface area contributed by atoms with Crippen molar-refractivity contribution in [3.8, 4) is 0 Å². The third-order valence-corrected chi connectivity index (χ3v) is 4.22. The van der Waals surface area contributed by atoms with E-state index in [1.165, 1.54) is 14.0 Å². The summed E-state index contributed by atoms with van der Waals surface area (Å²) in [4.78, 5) is 31.5. The number of nitrogens with zero attached hydrogens (tertiary/aromatic N) is 1. The molecule has 0 aromatic heterocycles. The van der Waals surface area contributed by atoms with Gasteiger partial charge in [-0.25, -0.2) is 4.57 Å². The molecule has 0 saturated carbocycles. The van der Waals surface area contributed by atoms with Crippen LogP contribution in [-0.2, 0) is 28.1 Å². The van der Waals surface area contributed by atoms with Gasteiger partial charge < -0.3 is 34.2 Å². The Morgan fingerprint density at radius 2 is 2.04 bits per heavy atom. The summed E-state index contributed by atoms with van der Waals surface area (Å²) in [7, 11) is 6.33. The molecule has 25 heavy (non-hydrogen) atoms. The van der Waals surface area contributed by atoms with Crippen LogP contribution in [0.4, 0.5) is 0 Å². The van der Waals surface area contributed by atoms with E-state index in [0.29, 0.717) is 13.1 Å². The molecule has 1 aliphatic heterocycles. The number of nitrogens with one attached hydrogen (secondary N) is 1. The molecule has 12 heteroatoms. The molecular weight excluding hydrogens is 354 g/mol. The highest BCUT2D eigenvalue weighted by molar-refractivity contribution is 7.46. The van der Waals surface area contributed by atoms with Gasteiger partial charge in [-0.3, -0.25) is 9.32 Å². The van der Waals surface area contributed by atoms with Gasteiger partial charge in [-0.15, -0.1) is 0 Å². The molecule has 1 fully saturated rings. The number of likely N-dealkylation sites (N-methyl/N-ethyl adjacent to an activating group) is 1. The minimum absolute atomic E-state index is 0.241. The Morgan fingerprint density at radius 3 is 2.56 bits per heavy atom. The van der Waals surface area contributed by atoms with Crippen LogP contribution in [0.15, 0.2) is 0 Å². The fourth-order valence-corrected chi connectivity index (χ4v) is 3.02. The lowest BCUT2D eigenvalue weighted by Gasteiger charge is -2.26. The van der Waals surface area contributed by atoms with Crippen molar-refractivity contribution in [2.45, 2.75) is 37.3 Å². The molecule has 5 atom stereocenters. The molecule has 0 aliphatic carbocycles. The predicted molar refractivity (Wildman–Crippen MR) is 89.1 cm³/mol. The Kier molecular flexibility index (Phi) is 9.00. The van der Waals surface area contributed by atoms with Crippen molar-refractivity contribution in [3.63, 3.8) is 0 Å². The summed E-state index contributed by atoms with van der Waals surface area (Å²) in [6.07, 6.45) is -3.36. The van der Waals surface area contributed by atoms with Crippen LogP contribution in [-0.4, -0.2) is 99.8 Å². The topological polar surface area (TPSA) is 127 Å². The fraction of sp³-hybridized carbons (Fsp3) is 0.923. The largest absolute Gasteiger partial charge is 0.469 e. The maximum Gasteiger partial charge on any atom is 0.469 e. The zero-order valence-electron chi connectivity index (χ0n) is 14.8. The van der Waals surface area contributed by atoms with Crippen molar-refractivity contribution < 1.29 is 37.9 Å². The van der Waals surface area contributed by atoms with Gasteiger partial charge in [0.15, 0.2) is 0 Å². The molecular formula is C13H26BN2O8P. The Labute approximate surface area is 148 Å². The Balaban J connectivity index is 2.56. The summed E-state index contributed by atoms with van der Waals surface area (Å²) < 4.78 is 31.8. The summed E-state index contributed by atoms with van der Waals surface area (Å²) in [6.45, 7) is 2.36. The number of hydrogen-bond acceptors (Lipinski definition) is 7. The highest BCUT2D eigenvalue weighted by atomic mass is 31.2. The van der Waals surface area contributed by atoms with Crippen molar-refractivity contribution in [2.24, 2.45) is 0 Å². The lowest BCUT2D eigenvalue weighted by Crippen LogP contribution is -2.43. The predicted octanol–water partition coefficient (Wildman–Crippen LogP) is -1.54. The number of rotatable bonds is 10. The second kappa shape index (κ2) is 9.98. The smallest absolute Gasteiger partial charge is 0.376 e. The Hall–Kier alpha value is -0.515. The SMILES string of the molecule is [B][C@@H]1O[C@H](C(C)OP(=O)(O)O)[C@@H](OC)[C@H]1OCC(=O)NCCN(C)C. The summed E-state index contributed by atoms with van der Waals surface area (Å²) in [5, 5.41) is 2.69. The number of phosphoric acid groups is 1. The first-order chi connectivity index (χ1) is 11.5. The lowest BCUT2D eigenvalue weighted by atomic mass is 9.92. The van der Waals surface area contributed by atoms with Crippen LogP contribution in [0.2, 0.25) is 0 Å². The summed E-state index contributed by atoms with van der Waals surface area (Å²) in [6, 6.07) is -0.924. The van der Waals surface area contributed by atoms with Crippen LogP contribution < -0.4 is 5.32 Å². The standard InChI is InChI=1S/C13H26BN2O8P/c1-8(24-25(18,19)20)10-11(21-4)12(13(14)23-10)22-7-9(17)15-5-6-16(2)3/h8,10-13H,5-7H2,1-4H3,(H,15,17)(H2,18,19,20)/t8?,10-,11-,12-,13-/m1/s1. The van der Waals surface area contributed by atoms with Gasteiger partial charge in [0, 0.05) is 26.2 Å². The molecule has 0 aromatic carbocycles. The molecule has 1 unspecified atom stereocenters. The molecule has 10 nitrogen and oxygen atoms in total. The third kappa shape index (κ3) is 7.72. The van der Waals surface area contributed by atoms with Crippen LogP contribution in [0.3, 0.4) is 0 Å². The maximum atomic E-state index is 11.8. The maximum absolute atomic E-state index is 11.8. The van der Waals surface area contributed by atoms with E-state index < -0.39 is 38.2 Å². The molecule has 0 aromatic rings. The summed E-state index contributed by atoms with van der Waals surface area (Å²) >= 11 is 0. The molecule has 1 saturated heterocycles. The number of ether oxygens (including phenoxy) is 3. The Bertz CT molecular complexity index is 477. The zero-order valence-corrected chi connectivity index (χ0v) is 15.7. The normalized spacial score (nSPS) is 28.3. The molecule has 144 valence electrons. The first-order valence-corrected chi connectivity index (χ1v) is 9.29. The van der Waals surface area contributed by atoms with Crippen LogP contribution in [0, 0.1) is 0 Å². The van der Waals surface area contributed by atoms with Crippen LogP contribution in [0.25, 0.3) is 0 Å². The fourth-order valence-electron chi connectivity index (χ4n) is 2.46. The molecule has 1 amide bonds. The van der Waals surface area contributed by atoms with Crippen LogP contribution >= 0.6 is 7.82 Å². The first kappa shape index (κ1) is 22.5. The molecule has 3 N–H and O–H groups in total. The van der Waals surface area contributed by atoms with E-state index in [1.807, 2.05) is 19.0 Å². The average Bonchev–Trinajstić information content (AvgIpc) is 2.79. The Morgan fingerprint density at radius 1 is 1.40 bits per heavy atom. The minimum atomic E-state index is -4.69. The molecule has 2 radical (unpaired) electrons. The highest BCUT2D eigenvalue weighted by Crippen LogP contribution is 2.40. The van der Waals surface area contributed by atoms with Gasteiger partial charge in [-0.1, -0.05) is 0 Å². The average molecular weight is 380 g/mol. The van der Waals surface area contributed by atoms with E-state index in [2.05, 4.69) is 9.84 Å². The lowest BCUT2D eigenvalue weighted by molar-refractivity contribution is -0.130. The van der Waals surface area contributed by atoms with E-state index in [9.17, 15) is 9.36 Å². The van der Waals surface area contributed by atoms with Crippen LogP contribution in [0.5, 0.6) is 0 Å². The number of hydrogen-bond donors (Lipinski definition) is 3. The second-order valence-corrected chi connectivity index (χ2v) is 7.19. The van der Waals surface area contributed by atoms with Crippen LogP contribution in [0.1, 0.15) is 6.92 Å². The van der Waals surface area contributed by atoms with Gasteiger partial charge in [0.2, 0.25) is 5.91 Å². The van der Waals surface area contributed by atoms with E-state index in [-0.39, 0.29) is 12.5 Å².